The van der Waals surface area contributed by atoms with Crippen molar-refractivity contribution < 1.29 is 23.9 Å². The lowest BCUT2D eigenvalue weighted by Gasteiger charge is -2.06. The largest absolute Gasteiger partial charge is 0.497 e. The Morgan fingerprint density at radius 3 is 2.29 bits per heavy atom. The molecule has 2 aromatic carbocycles. The van der Waals surface area contributed by atoms with Crippen LogP contribution in [0.5, 0.6) is 11.5 Å². The van der Waals surface area contributed by atoms with Crippen molar-refractivity contribution in [2.45, 2.75) is 6.92 Å². The molecule has 28 heavy (non-hydrogen) atoms. The van der Waals surface area contributed by atoms with Crippen LogP contribution in [-0.4, -0.2) is 37.8 Å². The Hall–Kier alpha value is -3.26. The van der Waals surface area contributed by atoms with E-state index in [9.17, 15) is 4.79 Å². The zero-order valence-corrected chi connectivity index (χ0v) is 16.2. The lowest BCUT2D eigenvalue weighted by atomic mass is 10.1. The fourth-order valence-corrected chi connectivity index (χ4v) is 2.04. The van der Waals surface area contributed by atoms with Crippen molar-refractivity contribution in [2.24, 2.45) is 16.0 Å². The molecule has 0 fully saturated rings. The number of nitrogens with two attached hydrogens (primary N) is 1. The molecule has 0 saturated heterocycles. The molecule has 0 unspecified atom stereocenters. The van der Waals surface area contributed by atoms with Gasteiger partial charge in [0.1, 0.15) is 18.1 Å². The van der Waals surface area contributed by atoms with Crippen molar-refractivity contribution in [1.29, 1.82) is 0 Å². The van der Waals surface area contributed by atoms with Gasteiger partial charge in [-0.15, -0.1) is 0 Å². The van der Waals surface area contributed by atoms with Crippen LogP contribution in [0, 0.1) is 0 Å². The van der Waals surface area contributed by atoms with Gasteiger partial charge in [-0.05, 0) is 48.9 Å². The molecule has 8 nitrogen and oxygen atoms in total. The Morgan fingerprint density at radius 1 is 1.00 bits per heavy atom. The first-order valence-corrected chi connectivity index (χ1v) is 8.57. The number of oxime groups is 2. The van der Waals surface area contributed by atoms with E-state index in [0.717, 1.165) is 5.56 Å². The summed E-state index contributed by atoms with van der Waals surface area (Å²) in [7, 11) is 1.57. The van der Waals surface area contributed by atoms with Gasteiger partial charge < -0.3 is 24.9 Å². The summed E-state index contributed by atoms with van der Waals surface area (Å²) in [6, 6.07) is 14.0. The number of halogens is 1. The lowest BCUT2D eigenvalue weighted by molar-refractivity contribution is -0.149. The van der Waals surface area contributed by atoms with Crippen LogP contribution in [0.1, 0.15) is 12.5 Å². The highest BCUT2D eigenvalue weighted by atomic mass is 35.5. The number of nitrogens with zero attached hydrogens (tertiary/aromatic N) is 2. The van der Waals surface area contributed by atoms with Crippen LogP contribution in [0.4, 0.5) is 0 Å². The maximum absolute atomic E-state index is 11.6. The fourth-order valence-electron chi connectivity index (χ4n) is 1.92. The number of carbonyl (C=O) groups excluding carboxylic acids is 1. The molecule has 0 radical (unpaired) electrons. The van der Waals surface area contributed by atoms with Crippen LogP contribution in [-0.2, 0) is 14.5 Å². The smallest absolute Gasteiger partial charge is 0.374 e. The molecule has 148 valence electrons. The summed E-state index contributed by atoms with van der Waals surface area (Å²) in [4.78, 5) is 21.2. The Balaban J connectivity index is 1.72. The molecule has 0 aliphatic heterocycles. The molecular weight excluding hydrogens is 386 g/mol. The molecular formula is C19H20ClN3O5. The van der Waals surface area contributed by atoms with Gasteiger partial charge in [-0.25, -0.2) is 4.79 Å². The Morgan fingerprint density at radius 2 is 1.64 bits per heavy atom. The van der Waals surface area contributed by atoms with E-state index in [1.54, 1.807) is 62.6 Å². The van der Waals surface area contributed by atoms with E-state index in [1.165, 1.54) is 0 Å². The van der Waals surface area contributed by atoms with E-state index in [2.05, 4.69) is 15.1 Å². The zero-order valence-electron chi connectivity index (χ0n) is 15.4. The van der Waals surface area contributed by atoms with E-state index >= 15 is 0 Å². The van der Waals surface area contributed by atoms with Crippen LogP contribution in [0.3, 0.4) is 0 Å². The molecule has 9 heteroatoms. The van der Waals surface area contributed by atoms with Crippen molar-refractivity contribution in [1.82, 2.24) is 0 Å². The van der Waals surface area contributed by atoms with Crippen LogP contribution in [0.2, 0.25) is 5.02 Å². The number of hydrogen-bond acceptors (Lipinski definition) is 7. The van der Waals surface area contributed by atoms with Crippen LogP contribution >= 0.6 is 11.6 Å². The van der Waals surface area contributed by atoms with Gasteiger partial charge in [-0.3, -0.25) is 0 Å². The minimum Gasteiger partial charge on any atom is -0.497 e. The summed E-state index contributed by atoms with van der Waals surface area (Å²) in [5.74, 6) is 0.516. The Bertz CT molecular complexity index is 836. The summed E-state index contributed by atoms with van der Waals surface area (Å²) in [6.07, 6.45) is 0. The maximum atomic E-state index is 11.6. The predicted molar refractivity (Wildman–Crippen MR) is 106 cm³/mol. The molecule has 0 aliphatic rings. The predicted octanol–water partition coefficient (Wildman–Crippen LogP) is 2.98. The minimum absolute atomic E-state index is 0.00925. The molecule has 0 bridgehead atoms. The molecule has 0 spiro atoms. The molecule has 2 rings (SSSR count). The third-order valence-corrected chi connectivity index (χ3v) is 3.61. The molecule has 2 N–H and O–H groups in total. The summed E-state index contributed by atoms with van der Waals surface area (Å²) in [5, 5.41) is 7.95. The second-order valence-corrected chi connectivity index (χ2v) is 5.90. The number of hydrogen-bond donors (Lipinski definition) is 1. The zero-order chi connectivity index (χ0) is 20.4. The van der Waals surface area contributed by atoms with Gasteiger partial charge in [0.25, 0.3) is 0 Å². The van der Waals surface area contributed by atoms with Gasteiger partial charge in [0, 0.05) is 5.02 Å². The number of carbonyl (C=O) groups is 1. The number of amidine groups is 1. The SMILES string of the molecule is COc1ccc(OC/C(N)=N/OC(=O)CO/N=C(\C)c2ccc(Cl)cc2)cc1. The summed E-state index contributed by atoms with van der Waals surface area (Å²) in [5.41, 5.74) is 7.03. The lowest BCUT2D eigenvalue weighted by Crippen LogP contribution is -2.22. The van der Waals surface area contributed by atoms with E-state index in [0.29, 0.717) is 22.2 Å². The van der Waals surface area contributed by atoms with Crippen molar-refractivity contribution in [3.8, 4) is 11.5 Å². The van der Waals surface area contributed by atoms with Gasteiger partial charge in [-0.2, -0.15) is 0 Å². The molecule has 0 aliphatic carbocycles. The average molecular weight is 406 g/mol. The Kier molecular flexibility index (Phi) is 8.11. The summed E-state index contributed by atoms with van der Waals surface area (Å²) in [6.45, 7) is 1.27. The number of methoxy groups -OCH3 is 1. The van der Waals surface area contributed by atoms with E-state index in [4.69, 9.17) is 31.6 Å². The molecule has 0 atom stereocenters. The van der Waals surface area contributed by atoms with E-state index in [1.807, 2.05) is 0 Å². The molecule has 0 heterocycles. The first-order valence-electron chi connectivity index (χ1n) is 8.19. The highest BCUT2D eigenvalue weighted by Crippen LogP contribution is 2.16. The first-order chi connectivity index (χ1) is 13.5. The fraction of sp³-hybridized carbons (Fsp3) is 0.211. The van der Waals surface area contributed by atoms with Crippen LogP contribution in [0.25, 0.3) is 0 Å². The van der Waals surface area contributed by atoms with Crippen molar-refractivity contribution in [3.63, 3.8) is 0 Å². The normalized spacial score (nSPS) is 11.7. The monoisotopic (exact) mass is 405 g/mol. The second kappa shape index (κ2) is 10.8. The van der Waals surface area contributed by atoms with Gasteiger partial charge in [0.05, 0.1) is 12.8 Å². The average Bonchev–Trinajstić information content (AvgIpc) is 2.71. The van der Waals surface area contributed by atoms with Crippen molar-refractivity contribution in [2.75, 3.05) is 20.3 Å². The van der Waals surface area contributed by atoms with Gasteiger partial charge >= 0.3 is 5.97 Å². The number of ether oxygens (including phenoxy) is 2. The molecule has 0 amide bonds. The highest BCUT2D eigenvalue weighted by molar-refractivity contribution is 6.30. The first kappa shape index (κ1) is 21.0. The maximum Gasteiger partial charge on any atom is 0.374 e. The highest BCUT2D eigenvalue weighted by Gasteiger charge is 2.05. The molecule has 2 aromatic rings. The minimum atomic E-state index is -0.750. The van der Waals surface area contributed by atoms with E-state index < -0.39 is 12.6 Å². The Labute approximate surface area is 167 Å². The topological polar surface area (TPSA) is 105 Å². The second-order valence-electron chi connectivity index (χ2n) is 5.47. The van der Waals surface area contributed by atoms with Crippen LogP contribution in [0.15, 0.2) is 58.8 Å². The summed E-state index contributed by atoms with van der Waals surface area (Å²) < 4.78 is 10.5. The van der Waals surface area contributed by atoms with Gasteiger partial charge in [-0.1, -0.05) is 34.0 Å². The third-order valence-electron chi connectivity index (χ3n) is 3.36. The third kappa shape index (κ3) is 7.16. The van der Waals surface area contributed by atoms with Gasteiger partial charge in [0.2, 0.25) is 6.61 Å². The molecule has 0 aromatic heterocycles. The summed E-state index contributed by atoms with van der Waals surface area (Å²) >= 11 is 5.82. The van der Waals surface area contributed by atoms with Crippen molar-refractivity contribution >= 4 is 29.1 Å². The quantitative estimate of drug-likeness (QED) is 0.297. The number of rotatable bonds is 9. The van der Waals surface area contributed by atoms with Crippen molar-refractivity contribution in [3.05, 3.63) is 59.1 Å². The van der Waals surface area contributed by atoms with Crippen LogP contribution < -0.4 is 15.2 Å². The number of benzene rings is 2. The molecule has 0 saturated carbocycles. The standard InChI is InChI=1S/C19H20ClN3O5/c1-13(14-3-5-15(20)6-4-14)22-27-12-19(24)28-23-18(21)11-26-17-9-7-16(25-2)8-10-17/h3-10H,11-12H2,1-2H3,(H2,21,23)/b22-13+. The van der Waals surface area contributed by atoms with E-state index in [-0.39, 0.29) is 12.4 Å². The van der Waals surface area contributed by atoms with Gasteiger partial charge in [0.15, 0.2) is 5.84 Å².